The average molecular weight is 264 g/mol. The highest BCUT2D eigenvalue weighted by atomic mass is 16.5. The normalized spacial score (nSPS) is 10.6. The molecule has 0 saturated heterocycles. The fraction of sp³-hybridized carbons (Fsp3) is 0.533. The second-order valence-corrected chi connectivity index (χ2v) is 3.92. The molecular formula is C15H20O4. The van der Waals surface area contributed by atoms with Gasteiger partial charge in [0.2, 0.25) is 0 Å². The van der Waals surface area contributed by atoms with Gasteiger partial charge in [0, 0.05) is 19.3 Å². The lowest BCUT2D eigenvalue weighted by Gasteiger charge is -2.06. The van der Waals surface area contributed by atoms with Crippen LogP contribution in [0.5, 0.6) is 0 Å². The zero-order chi connectivity index (χ0) is 14.5. The summed E-state index contributed by atoms with van der Waals surface area (Å²) in [5.41, 5.74) is 0.0724. The van der Waals surface area contributed by atoms with Crippen molar-refractivity contribution in [1.82, 2.24) is 0 Å². The van der Waals surface area contributed by atoms with Gasteiger partial charge in [-0.1, -0.05) is 6.08 Å². The van der Waals surface area contributed by atoms with Gasteiger partial charge in [0.15, 0.2) is 5.78 Å². The van der Waals surface area contributed by atoms with Gasteiger partial charge >= 0.3 is 5.97 Å². The van der Waals surface area contributed by atoms with Crippen LogP contribution in [-0.2, 0) is 19.1 Å². The molecule has 0 amide bonds. The molecule has 19 heavy (non-hydrogen) atoms. The molecule has 0 unspecified atom stereocenters. The Bertz CT molecular complexity index is 374. The summed E-state index contributed by atoms with van der Waals surface area (Å²) in [7, 11) is 0. The number of esters is 1. The summed E-state index contributed by atoms with van der Waals surface area (Å²) >= 11 is 0. The summed E-state index contributed by atoms with van der Waals surface area (Å²) < 4.78 is 4.85. The van der Waals surface area contributed by atoms with E-state index in [1.54, 1.807) is 13.0 Å². The number of ether oxygens (including phenoxy) is 1. The van der Waals surface area contributed by atoms with Gasteiger partial charge in [-0.25, -0.2) is 4.79 Å². The van der Waals surface area contributed by atoms with Crippen molar-refractivity contribution in [2.45, 2.75) is 45.4 Å². The highest BCUT2D eigenvalue weighted by Gasteiger charge is 2.18. The van der Waals surface area contributed by atoms with Crippen molar-refractivity contribution < 1.29 is 19.1 Å². The number of carbonyl (C=O) groups is 3. The summed E-state index contributed by atoms with van der Waals surface area (Å²) in [5, 5.41) is 0. The Hall–Kier alpha value is -1.89. The largest absolute Gasteiger partial charge is 0.462 e. The summed E-state index contributed by atoms with van der Waals surface area (Å²) in [6.07, 6.45) is 10.3. The number of hydrogen-bond acceptors (Lipinski definition) is 4. The Kier molecular flexibility index (Phi) is 10.1. The molecule has 0 aliphatic rings. The van der Waals surface area contributed by atoms with Crippen molar-refractivity contribution in [2.75, 3.05) is 6.61 Å². The van der Waals surface area contributed by atoms with Crippen LogP contribution in [-0.4, -0.2) is 24.6 Å². The molecule has 0 N–H and O–H groups in total. The highest BCUT2D eigenvalue weighted by molar-refractivity contribution is 6.17. The van der Waals surface area contributed by atoms with Gasteiger partial charge < -0.3 is 9.53 Å². The molecule has 0 saturated carbocycles. The lowest BCUT2D eigenvalue weighted by molar-refractivity contribution is -0.140. The molecule has 0 aliphatic carbocycles. The second-order valence-electron chi connectivity index (χ2n) is 3.92. The van der Waals surface area contributed by atoms with Crippen molar-refractivity contribution in [1.29, 1.82) is 0 Å². The van der Waals surface area contributed by atoms with Crippen LogP contribution in [0.3, 0.4) is 0 Å². The van der Waals surface area contributed by atoms with E-state index in [1.165, 1.54) is 0 Å². The van der Waals surface area contributed by atoms with E-state index in [2.05, 4.69) is 5.92 Å². The minimum atomic E-state index is -0.597. The highest BCUT2D eigenvalue weighted by Crippen LogP contribution is 2.10. The van der Waals surface area contributed by atoms with Gasteiger partial charge in [0.05, 0.1) is 12.2 Å². The van der Waals surface area contributed by atoms with Crippen LogP contribution in [0.1, 0.15) is 45.4 Å². The van der Waals surface area contributed by atoms with E-state index in [-0.39, 0.29) is 24.4 Å². The van der Waals surface area contributed by atoms with Crippen LogP contribution in [0, 0.1) is 12.3 Å². The molecule has 0 aliphatic heterocycles. The number of rotatable bonds is 10. The number of unbranched alkanes of at least 4 members (excludes halogenated alkanes) is 3. The third-order valence-corrected chi connectivity index (χ3v) is 2.41. The summed E-state index contributed by atoms with van der Waals surface area (Å²) in [4.78, 5) is 33.7. The van der Waals surface area contributed by atoms with E-state index in [4.69, 9.17) is 11.2 Å². The van der Waals surface area contributed by atoms with E-state index in [1.807, 2.05) is 0 Å². The smallest absolute Gasteiger partial charge is 0.341 e. The first kappa shape index (κ1) is 17.1. The monoisotopic (exact) mass is 264 g/mol. The van der Waals surface area contributed by atoms with Crippen LogP contribution in [0.2, 0.25) is 0 Å². The zero-order valence-electron chi connectivity index (χ0n) is 11.3. The molecular weight excluding hydrogens is 244 g/mol. The molecule has 4 heteroatoms. The first-order valence-electron chi connectivity index (χ1n) is 6.44. The number of hydrogen-bond donors (Lipinski definition) is 0. The molecule has 0 bridgehead atoms. The fourth-order valence-electron chi connectivity index (χ4n) is 1.47. The SMILES string of the molecule is C#CCC/C=C(/C(=O)CCCCC=O)C(=O)OCC. The number of carbonyl (C=O) groups excluding carboxylic acids is 3. The molecule has 0 aromatic rings. The Morgan fingerprint density at radius 3 is 2.58 bits per heavy atom. The molecule has 0 fully saturated rings. The van der Waals surface area contributed by atoms with Crippen LogP contribution in [0.15, 0.2) is 11.6 Å². The Balaban J connectivity index is 4.50. The van der Waals surface area contributed by atoms with Gasteiger partial charge in [-0.2, -0.15) is 0 Å². The standard InChI is InChI=1S/C15H20O4/c1-3-5-7-10-13(15(18)19-4-2)14(17)11-8-6-9-12-16/h1,10,12H,4-9,11H2,2H3/b13-10-. The quantitative estimate of drug-likeness (QED) is 0.115. The fourth-order valence-corrected chi connectivity index (χ4v) is 1.47. The predicted octanol–water partition coefficient (Wildman–Crippen LogP) is 2.22. The van der Waals surface area contributed by atoms with Crippen molar-refractivity contribution in [3.05, 3.63) is 11.6 Å². The average Bonchev–Trinajstić information content (AvgIpc) is 2.39. The maximum Gasteiger partial charge on any atom is 0.341 e. The lowest BCUT2D eigenvalue weighted by atomic mass is 10.0. The number of terminal acetylenes is 1. The van der Waals surface area contributed by atoms with Gasteiger partial charge in [0.25, 0.3) is 0 Å². The van der Waals surface area contributed by atoms with Crippen LogP contribution >= 0.6 is 0 Å². The predicted molar refractivity (Wildman–Crippen MR) is 72.3 cm³/mol. The lowest BCUT2D eigenvalue weighted by Crippen LogP contribution is -2.16. The molecule has 4 nitrogen and oxygen atoms in total. The van der Waals surface area contributed by atoms with Crippen molar-refractivity contribution >= 4 is 18.0 Å². The maximum absolute atomic E-state index is 11.9. The molecule has 0 atom stereocenters. The third-order valence-electron chi connectivity index (χ3n) is 2.41. The first-order chi connectivity index (χ1) is 9.17. The van der Waals surface area contributed by atoms with E-state index >= 15 is 0 Å². The third kappa shape index (κ3) is 7.93. The molecule has 0 heterocycles. The number of ketones is 1. The molecule has 0 aromatic heterocycles. The van der Waals surface area contributed by atoms with Gasteiger partial charge in [0.1, 0.15) is 6.29 Å². The summed E-state index contributed by atoms with van der Waals surface area (Å²) in [6.45, 7) is 1.91. The van der Waals surface area contributed by atoms with Gasteiger partial charge in [-0.15, -0.1) is 12.3 Å². The minimum absolute atomic E-state index is 0.0724. The number of aldehydes is 1. The van der Waals surface area contributed by atoms with Gasteiger partial charge in [-0.05, 0) is 26.2 Å². The Labute approximate surface area is 114 Å². The topological polar surface area (TPSA) is 60.4 Å². The minimum Gasteiger partial charge on any atom is -0.462 e. The summed E-state index contributed by atoms with van der Waals surface area (Å²) in [6, 6.07) is 0. The molecule has 0 aromatic carbocycles. The Morgan fingerprint density at radius 2 is 2.00 bits per heavy atom. The second kappa shape index (κ2) is 11.2. The molecule has 104 valence electrons. The van der Waals surface area contributed by atoms with Gasteiger partial charge in [-0.3, -0.25) is 4.79 Å². The van der Waals surface area contributed by atoms with E-state index in [0.29, 0.717) is 32.1 Å². The van der Waals surface area contributed by atoms with Crippen LogP contribution < -0.4 is 0 Å². The Morgan fingerprint density at radius 1 is 1.26 bits per heavy atom. The first-order valence-corrected chi connectivity index (χ1v) is 6.44. The number of allylic oxidation sites excluding steroid dienone is 1. The number of Topliss-reactive ketones (excluding diaryl/α,β-unsaturated/α-hetero) is 1. The van der Waals surface area contributed by atoms with E-state index in [9.17, 15) is 14.4 Å². The van der Waals surface area contributed by atoms with Crippen LogP contribution in [0.25, 0.3) is 0 Å². The molecule has 0 rings (SSSR count). The van der Waals surface area contributed by atoms with E-state index in [0.717, 1.165) is 6.29 Å². The van der Waals surface area contributed by atoms with Crippen molar-refractivity contribution in [2.24, 2.45) is 0 Å². The van der Waals surface area contributed by atoms with Crippen molar-refractivity contribution in [3.63, 3.8) is 0 Å². The molecule has 0 radical (unpaired) electrons. The van der Waals surface area contributed by atoms with E-state index < -0.39 is 5.97 Å². The molecule has 0 spiro atoms. The van der Waals surface area contributed by atoms with Crippen molar-refractivity contribution in [3.8, 4) is 12.3 Å². The summed E-state index contributed by atoms with van der Waals surface area (Å²) in [5.74, 6) is 1.60. The zero-order valence-corrected chi connectivity index (χ0v) is 11.3. The van der Waals surface area contributed by atoms with Crippen LogP contribution in [0.4, 0.5) is 0 Å². The maximum atomic E-state index is 11.9.